The minimum atomic E-state index is -4.93. The van der Waals surface area contributed by atoms with Crippen molar-refractivity contribution in [3.05, 3.63) is 73.3 Å². The van der Waals surface area contributed by atoms with Crippen LogP contribution in [-0.4, -0.2) is 51.7 Å². The van der Waals surface area contributed by atoms with E-state index in [0.717, 1.165) is 24.3 Å². The predicted octanol–water partition coefficient (Wildman–Crippen LogP) is 4.94. The molecule has 0 aliphatic heterocycles. The van der Waals surface area contributed by atoms with Crippen LogP contribution in [-0.2, 0) is 20.2 Å². The number of anilines is 3. The number of rotatable bonds is 9. The van der Waals surface area contributed by atoms with E-state index in [4.69, 9.17) is 5.73 Å². The number of nitrogen functional groups attached to an aromatic ring is 1. The highest BCUT2D eigenvalue weighted by Crippen LogP contribution is 2.39. The number of halogens is 1. The van der Waals surface area contributed by atoms with Crippen molar-refractivity contribution in [1.82, 2.24) is 15.0 Å². The highest BCUT2D eigenvalue weighted by atomic mass is 32.2. The molecule has 0 atom stereocenters. The average molecular weight is 629 g/mol. The van der Waals surface area contributed by atoms with Gasteiger partial charge in [-0.15, -0.1) is 10.2 Å². The van der Waals surface area contributed by atoms with Gasteiger partial charge in [-0.05, 0) is 55.5 Å². The molecule has 3 aromatic carbocycles. The van der Waals surface area contributed by atoms with Crippen molar-refractivity contribution in [3.8, 4) is 5.75 Å². The van der Waals surface area contributed by atoms with Crippen molar-refractivity contribution in [2.24, 2.45) is 15.2 Å². The molecular formula is C25H21FN8O7S2. The Labute approximate surface area is 243 Å². The summed E-state index contributed by atoms with van der Waals surface area (Å²) < 4.78 is 81.1. The Morgan fingerprint density at radius 2 is 1.74 bits per heavy atom. The molecule has 0 bridgehead atoms. The number of nitrogens with zero attached hydrogens (tertiary/aromatic N) is 6. The number of azo groups is 1. The molecule has 0 saturated heterocycles. The Morgan fingerprint density at radius 1 is 1.00 bits per heavy atom. The van der Waals surface area contributed by atoms with Gasteiger partial charge in [0.25, 0.3) is 26.2 Å². The van der Waals surface area contributed by atoms with Crippen molar-refractivity contribution >= 4 is 71.4 Å². The molecule has 4 rings (SSSR count). The van der Waals surface area contributed by atoms with Crippen LogP contribution in [0, 0.1) is 6.08 Å². The van der Waals surface area contributed by atoms with Crippen LogP contribution in [0.15, 0.2) is 92.3 Å². The van der Waals surface area contributed by atoms with Gasteiger partial charge in [-0.25, -0.2) is 4.99 Å². The number of hydrogen-bond donors (Lipinski definition) is 5. The van der Waals surface area contributed by atoms with Crippen molar-refractivity contribution < 1.29 is 35.4 Å². The first-order chi connectivity index (χ1) is 20.2. The number of nitrogens with one attached hydrogen (secondary N) is 1. The van der Waals surface area contributed by atoms with Gasteiger partial charge in [-0.3, -0.25) is 9.11 Å². The predicted molar refractivity (Wildman–Crippen MR) is 155 cm³/mol. The summed E-state index contributed by atoms with van der Waals surface area (Å²) in [5, 5.41) is 20.7. The molecule has 18 heteroatoms. The van der Waals surface area contributed by atoms with E-state index >= 15 is 0 Å². The third-order valence-corrected chi connectivity index (χ3v) is 7.23. The maximum Gasteiger partial charge on any atom is 0.315 e. The zero-order valence-electron chi connectivity index (χ0n) is 21.9. The van der Waals surface area contributed by atoms with Gasteiger partial charge in [0.05, 0.1) is 16.3 Å². The SMILES string of the molecule is C=CC(/C=C\C)=Nc1nc(F)nc(Nc2ccc(N=Nc3c(N)ccc4c(O)cc(S(=O)(=O)O)cc34)c(S(=O)(=O)O)c2)n1. The van der Waals surface area contributed by atoms with Gasteiger partial charge in [0, 0.05) is 22.5 Å². The van der Waals surface area contributed by atoms with Crippen molar-refractivity contribution in [3.63, 3.8) is 0 Å². The van der Waals surface area contributed by atoms with E-state index in [0.29, 0.717) is 5.71 Å². The largest absolute Gasteiger partial charge is 0.507 e. The number of aromatic nitrogens is 3. The molecular weight excluding hydrogens is 607 g/mol. The number of benzene rings is 3. The fourth-order valence-corrected chi connectivity index (χ4v) is 4.82. The number of allylic oxidation sites excluding steroid dienone is 3. The standard InChI is InChI=1S/C25H21FN8O7S2/c1-3-5-13(4-2)28-24-30-23(26)31-25(32-24)29-14-6-9-19(21(10-14)43(39,40)41)33-34-22-17-11-15(42(36,37)38)12-20(35)16(17)7-8-18(22)27/h3-12,35H,2,27H2,1H3,(H,36,37,38)(H,39,40,41)(H,29,30,31,32)/b5-3-,28-13?,34-33?. The molecule has 0 aliphatic rings. The molecule has 1 aromatic heterocycles. The third kappa shape index (κ3) is 7.19. The molecule has 0 aliphatic carbocycles. The fraction of sp³-hybridized carbons (Fsp3) is 0.0400. The number of hydrogen-bond acceptors (Lipinski definition) is 13. The smallest absolute Gasteiger partial charge is 0.315 e. The van der Waals surface area contributed by atoms with E-state index in [9.17, 15) is 35.4 Å². The summed E-state index contributed by atoms with van der Waals surface area (Å²) in [5.41, 5.74) is 5.70. The molecule has 0 fully saturated rings. The number of aliphatic imine (C=N–C) groups is 1. The van der Waals surface area contributed by atoms with E-state index in [-0.39, 0.29) is 45.4 Å². The molecule has 0 radical (unpaired) electrons. The minimum Gasteiger partial charge on any atom is -0.507 e. The zero-order valence-corrected chi connectivity index (χ0v) is 23.5. The lowest BCUT2D eigenvalue weighted by atomic mass is 10.1. The maximum atomic E-state index is 14.1. The van der Waals surface area contributed by atoms with E-state index in [1.165, 1.54) is 24.3 Å². The second-order valence-corrected chi connectivity index (χ2v) is 11.3. The molecule has 0 amide bonds. The monoisotopic (exact) mass is 628 g/mol. The van der Waals surface area contributed by atoms with E-state index in [2.05, 4.69) is 42.1 Å². The van der Waals surface area contributed by atoms with Crippen LogP contribution in [0.3, 0.4) is 0 Å². The van der Waals surface area contributed by atoms with Crippen molar-refractivity contribution in [2.75, 3.05) is 11.1 Å². The van der Waals surface area contributed by atoms with E-state index < -0.39 is 41.9 Å². The van der Waals surface area contributed by atoms with E-state index in [1.807, 2.05) is 0 Å². The molecule has 43 heavy (non-hydrogen) atoms. The Morgan fingerprint density at radius 3 is 2.40 bits per heavy atom. The summed E-state index contributed by atoms with van der Waals surface area (Å²) >= 11 is 0. The molecule has 15 nitrogen and oxygen atoms in total. The van der Waals surface area contributed by atoms with Gasteiger partial charge >= 0.3 is 6.08 Å². The lowest BCUT2D eigenvalue weighted by molar-refractivity contribution is 0.471. The molecule has 0 unspecified atom stereocenters. The van der Waals surface area contributed by atoms with Crippen LogP contribution >= 0.6 is 0 Å². The van der Waals surface area contributed by atoms with Crippen LogP contribution in [0.25, 0.3) is 10.8 Å². The highest BCUT2D eigenvalue weighted by molar-refractivity contribution is 7.86. The first-order valence-corrected chi connectivity index (χ1v) is 14.7. The van der Waals surface area contributed by atoms with Gasteiger partial charge in [0.2, 0.25) is 5.95 Å². The number of phenolic OH excluding ortho intramolecular Hbond substituents is 1. The van der Waals surface area contributed by atoms with Gasteiger partial charge in [0.15, 0.2) is 0 Å². The number of phenols is 1. The van der Waals surface area contributed by atoms with Gasteiger partial charge in [-0.2, -0.15) is 36.2 Å². The Bertz CT molecular complexity index is 2080. The molecule has 222 valence electrons. The number of fused-ring (bicyclic) bond motifs is 1. The normalized spacial score (nSPS) is 12.8. The Hall–Kier alpha value is -5.17. The summed E-state index contributed by atoms with van der Waals surface area (Å²) in [5.74, 6) is -1.16. The first kappa shape index (κ1) is 30.8. The molecule has 6 N–H and O–H groups in total. The van der Waals surface area contributed by atoms with Crippen LogP contribution in [0.4, 0.5) is 39.0 Å². The minimum absolute atomic E-state index is 0.0168. The lowest BCUT2D eigenvalue weighted by Gasteiger charge is -2.10. The average Bonchev–Trinajstić information content (AvgIpc) is 2.91. The molecule has 4 aromatic rings. The number of nitrogens with two attached hydrogens (primary N) is 1. The summed E-state index contributed by atoms with van der Waals surface area (Å²) in [4.78, 5) is 13.6. The second-order valence-electron chi connectivity index (χ2n) is 8.47. The van der Waals surface area contributed by atoms with Gasteiger partial charge in [-0.1, -0.05) is 12.7 Å². The molecule has 0 saturated carbocycles. The topological polar surface area (TPSA) is 243 Å². The lowest BCUT2D eigenvalue weighted by Crippen LogP contribution is -2.04. The maximum absolute atomic E-state index is 14.1. The van der Waals surface area contributed by atoms with E-state index in [1.54, 1.807) is 19.1 Å². The summed E-state index contributed by atoms with van der Waals surface area (Å²) in [7, 11) is -9.66. The molecule has 0 spiro atoms. The fourth-order valence-electron chi connectivity index (χ4n) is 3.65. The van der Waals surface area contributed by atoms with Crippen LogP contribution in [0.5, 0.6) is 5.75 Å². The Balaban J connectivity index is 1.77. The highest BCUT2D eigenvalue weighted by Gasteiger charge is 2.19. The number of aromatic hydroxyl groups is 1. The zero-order chi connectivity index (χ0) is 31.5. The summed E-state index contributed by atoms with van der Waals surface area (Å²) in [6.45, 7) is 5.32. The quantitative estimate of drug-likeness (QED) is 0.0716. The first-order valence-electron chi connectivity index (χ1n) is 11.8. The van der Waals surface area contributed by atoms with Gasteiger partial charge < -0.3 is 16.2 Å². The van der Waals surface area contributed by atoms with Crippen molar-refractivity contribution in [1.29, 1.82) is 0 Å². The third-order valence-electron chi connectivity index (χ3n) is 5.51. The van der Waals surface area contributed by atoms with Crippen LogP contribution < -0.4 is 11.1 Å². The van der Waals surface area contributed by atoms with Crippen molar-refractivity contribution in [2.45, 2.75) is 16.7 Å². The van der Waals surface area contributed by atoms with Crippen LogP contribution in [0.2, 0.25) is 0 Å². The van der Waals surface area contributed by atoms with Crippen LogP contribution in [0.1, 0.15) is 6.92 Å². The molecule has 1 heterocycles. The summed E-state index contributed by atoms with van der Waals surface area (Å²) in [6.07, 6.45) is 3.46. The Kier molecular flexibility index (Phi) is 8.57. The summed E-state index contributed by atoms with van der Waals surface area (Å²) in [6, 6.07) is 7.89. The van der Waals surface area contributed by atoms with Gasteiger partial charge in [0.1, 0.15) is 22.0 Å². The second kappa shape index (κ2) is 12.0.